The molecule has 12 heteroatoms. The van der Waals surface area contributed by atoms with Gasteiger partial charge in [0.2, 0.25) is 11.8 Å². The van der Waals surface area contributed by atoms with E-state index in [0.29, 0.717) is 17.5 Å². The maximum atomic E-state index is 12.5. The minimum atomic E-state index is -1.24. The van der Waals surface area contributed by atoms with Crippen molar-refractivity contribution in [3.8, 4) is 0 Å². The topological polar surface area (TPSA) is 203 Å². The van der Waals surface area contributed by atoms with E-state index in [1.54, 1.807) is 48.5 Å². The number of carboxylic acids is 1. The highest BCUT2D eigenvalue weighted by molar-refractivity contribution is 5.91. The molecule has 3 amide bonds. The third kappa shape index (κ3) is 12.2. The first-order chi connectivity index (χ1) is 17.8. The predicted octanol–water partition coefficient (Wildman–Crippen LogP) is 0.346. The van der Waals surface area contributed by atoms with Crippen LogP contribution >= 0.6 is 0 Å². The largest absolute Gasteiger partial charge is 0.480 e. The van der Waals surface area contributed by atoms with Crippen LogP contribution in [0.5, 0.6) is 0 Å². The van der Waals surface area contributed by atoms with Crippen molar-refractivity contribution in [3.05, 3.63) is 65.7 Å². The van der Waals surface area contributed by atoms with E-state index < -0.39 is 42.5 Å². The molecule has 12 nitrogen and oxygen atoms in total. The number of carbonyl (C=O) groups excluding carboxylic acids is 4. The van der Waals surface area contributed by atoms with E-state index in [2.05, 4.69) is 21.7 Å². The summed E-state index contributed by atoms with van der Waals surface area (Å²) in [6.07, 6.45) is -0.262. The quantitative estimate of drug-likeness (QED) is 0.161. The molecule has 2 atom stereocenters. The maximum Gasteiger partial charge on any atom is 0.408 e. The molecule has 0 saturated heterocycles. The van der Waals surface area contributed by atoms with Gasteiger partial charge in [-0.25, -0.2) is 9.59 Å². The Labute approximate surface area is 214 Å². The molecule has 200 valence electrons. The fraction of sp³-hybridized carbons (Fsp3) is 0.320. The van der Waals surface area contributed by atoms with Gasteiger partial charge in [0.25, 0.3) is 0 Å². The van der Waals surface area contributed by atoms with Gasteiger partial charge >= 0.3 is 12.1 Å². The number of carbonyl (C=O) groups is 5. The van der Waals surface area contributed by atoms with Crippen LogP contribution in [0, 0.1) is 0 Å². The summed E-state index contributed by atoms with van der Waals surface area (Å²) in [7, 11) is 1.50. The Morgan fingerprint density at radius 3 is 2.19 bits per heavy atom. The maximum absolute atomic E-state index is 12.5. The number of rotatable bonds is 13. The normalized spacial score (nSPS) is 11.5. The minimum Gasteiger partial charge on any atom is -0.480 e. The van der Waals surface area contributed by atoms with E-state index in [1.807, 2.05) is 6.07 Å². The molecule has 0 heterocycles. The molecule has 2 aromatic rings. The number of hydrogen-bond donors (Lipinski definition) is 6. The number of anilines is 1. The summed E-state index contributed by atoms with van der Waals surface area (Å²) in [4.78, 5) is 59.1. The summed E-state index contributed by atoms with van der Waals surface area (Å²) >= 11 is 0. The van der Waals surface area contributed by atoms with Gasteiger partial charge in [0.15, 0.2) is 0 Å². The molecule has 37 heavy (non-hydrogen) atoms. The Morgan fingerprint density at radius 2 is 1.59 bits per heavy atom. The van der Waals surface area contributed by atoms with Gasteiger partial charge in [-0.3, -0.25) is 9.59 Å². The number of alkyl carbamates (subject to hydrolysis) is 1. The second-order valence-electron chi connectivity index (χ2n) is 7.62. The Morgan fingerprint density at radius 1 is 0.946 bits per heavy atom. The summed E-state index contributed by atoms with van der Waals surface area (Å²) in [6, 6.07) is 13.1. The molecule has 0 aromatic heterocycles. The Balaban J connectivity index is 0.00000334. The van der Waals surface area contributed by atoms with Crippen molar-refractivity contribution in [1.82, 2.24) is 16.0 Å². The number of amides is 3. The van der Waals surface area contributed by atoms with Gasteiger partial charge in [0, 0.05) is 18.5 Å². The van der Waals surface area contributed by atoms with Crippen molar-refractivity contribution >= 4 is 35.9 Å². The van der Waals surface area contributed by atoms with Crippen molar-refractivity contribution in [1.29, 1.82) is 0 Å². The molecule has 0 spiro atoms. The van der Waals surface area contributed by atoms with Crippen molar-refractivity contribution in [3.63, 3.8) is 0 Å². The minimum absolute atomic E-state index is 0.00766. The van der Waals surface area contributed by atoms with E-state index in [0.717, 1.165) is 5.56 Å². The van der Waals surface area contributed by atoms with Crippen molar-refractivity contribution < 1.29 is 33.8 Å². The van der Waals surface area contributed by atoms with Gasteiger partial charge in [0.1, 0.15) is 25.0 Å². The smallest absolute Gasteiger partial charge is 0.408 e. The lowest BCUT2D eigenvalue weighted by molar-refractivity contribution is -0.141. The molecule has 0 aliphatic heterocycles. The lowest BCUT2D eigenvalue weighted by atomic mass is 10.1. The zero-order valence-electron chi connectivity index (χ0n) is 20.5. The van der Waals surface area contributed by atoms with Gasteiger partial charge in [-0.15, -0.1) is 0 Å². The number of nitrogen functional groups attached to an aromatic ring is 1. The molecule has 2 unspecified atom stereocenters. The molecule has 2 rings (SSSR count). The van der Waals surface area contributed by atoms with Gasteiger partial charge in [-0.1, -0.05) is 42.5 Å². The van der Waals surface area contributed by atoms with E-state index in [4.69, 9.17) is 10.5 Å². The van der Waals surface area contributed by atoms with Crippen LogP contribution in [0.25, 0.3) is 0 Å². The van der Waals surface area contributed by atoms with Crippen LogP contribution in [0.15, 0.2) is 54.6 Å². The van der Waals surface area contributed by atoms with Gasteiger partial charge in [0.05, 0.1) is 6.54 Å². The van der Waals surface area contributed by atoms with Crippen LogP contribution in [0.4, 0.5) is 10.5 Å². The lowest BCUT2D eigenvalue weighted by Crippen LogP contribution is -2.51. The summed E-state index contributed by atoms with van der Waals surface area (Å²) in [5.74, 6) is -2.70. The predicted molar refractivity (Wildman–Crippen MR) is 136 cm³/mol. The summed E-state index contributed by atoms with van der Waals surface area (Å²) < 4.78 is 5.09. The van der Waals surface area contributed by atoms with Crippen LogP contribution in [0.2, 0.25) is 0 Å². The third-order valence-corrected chi connectivity index (χ3v) is 4.87. The van der Waals surface area contributed by atoms with Crippen LogP contribution < -0.4 is 27.4 Å². The summed E-state index contributed by atoms with van der Waals surface area (Å²) in [6.45, 7) is -0.537. The van der Waals surface area contributed by atoms with Crippen LogP contribution in [-0.2, 0) is 36.9 Å². The van der Waals surface area contributed by atoms with Gasteiger partial charge in [-0.2, -0.15) is 0 Å². The first-order valence-electron chi connectivity index (χ1n) is 11.4. The molecule has 0 aliphatic rings. The average Bonchev–Trinajstić information content (AvgIpc) is 2.91. The average molecular weight is 516 g/mol. The molecule has 2 aromatic carbocycles. The number of aliphatic carboxylic acids is 1. The zero-order valence-corrected chi connectivity index (χ0v) is 20.5. The molecule has 0 aliphatic carbocycles. The standard InChI is InChI=1S/C24H28N4O7.CH5N/c25-18-10-8-16(9-11-18)13-20(23(32)33)27-21(30)14-26-22(31)19(7-4-12-29)28-24(34)35-15-17-5-2-1-3-6-17;1-2/h1-3,5-6,8-12,19-20H,4,7,13-15,25H2,(H,26,31)(H,27,30)(H,28,34)(H,32,33);2H2,1H3. The molecule has 8 N–H and O–H groups in total. The first-order valence-corrected chi connectivity index (χ1v) is 11.4. The van der Waals surface area contributed by atoms with Gasteiger partial charge < -0.3 is 42.1 Å². The second kappa shape index (κ2) is 17.1. The number of benzene rings is 2. The highest BCUT2D eigenvalue weighted by Crippen LogP contribution is 2.08. The monoisotopic (exact) mass is 515 g/mol. The molecule has 0 bridgehead atoms. The molecule has 0 radical (unpaired) electrons. The number of aldehydes is 1. The van der Waals surface area contributed by atoms with Gasteiger partial charge in [-0.05, 0) is 36.7 Å². The van der Waals surface area contributed by atoms with Crippen LogP contribution in [0.3, 0.4) is 0 Å². The SMILES string of the molecule is CN.Nc1ccc(CC(NC(=O)CNC(=O)C(CCC=O)NC(=O)OCc2ccccc2)C(=O)O)cc1. The molecule has 0 saturated carbocycles. The van der Waals surface area contributed by atoms with E-state index >= 15 is 0 Å². The van der Waals surface area contributed by atoms with Crippen molar-refractivity contribution in [2.45, 2.75) is 38.0 Å². The fourth-order valence-electron chi connectivity index (χ4n) is 3.04. The first kappa shape index (κ1) is 30.6. The molecular formula is C25H33N5O7. The highest BCUT2D eigenvalue weighted by Gasteiger charge is 2.24. The zero-order chi connectivity index (χ0) is 27.6. The Hall–Kier alpha value is -4.45. The summed E-state index contributed by atoms with van der Waals surface area (Å²) in [5, 5.41) is 16.5. The van der Waals surface area contributed by atoms with E-state index in [9.17, 15) is 29.1 Å². The molecular weight excluding hydrogens is 482 g/mol. The van der Waals surface area contributed by atoms with Crippen LogP contribution in [-0.4, -0.2) is 60.9 Å². The number of ether oxygens (including phenoxy) is 1. The molecule has 0 fully saturated rings. The highest BCUT2D eigenvalue weighted by atomic mass is 16.5. The third-order valence-electron chi connectivity index (χ3n) is 4.87. The van der Waals surface area contributed by atoms with Crippen LogP contribution in [0.1, 0.15) is 24.0 Å². The number of nitrogens with two attached hydrogens (primary N) is 2. The fourth-order valence-corrected chi connectivity index (χ4v) is 3.04. The second-order valence-corrected chi connectivity index (χ2v) is 7.62. The lowest BCUT2D eigenvalue weighted by Gasteiger charge is -2.18. The number of nitrogens with one attached hydrogen (secondary N) is 3. The number of hydrogen-bond acceptors (Lipinski definition) is 8. The number of carboxylic acid groups (broad SMARTS) is 1. The van der Waals surface area contributed by atoms with Crippen molar-refractivity contribution in [2.24, 2.45) is 5.73 Å². The Bertz CT molecular complexity index is 1020. The van der Waals surface area contributed by atoms with Crippen molar-refractivity contribution in [2.75, 3.05) is 19.3 Å². The summed E-state index contributed by atoms with van der Waals surface area (Å²) in [5.41, 5.74) is 12.0. The Kier molecular flexibility index (Phi) is 14.1. The van der Waals surface area contributed by atoms with E-state index in [1.165, 1.54) is 7.05 Å². The van der Waals surface area contributed by atoms with E-state index in [-0.39, 0.29) is 25.9 Å².